The van der Waals surface area contributed by atoms with Gasteiger partial charge in [0.05, 0.1) is 8.95 Å². The van der Waals surface area contributed by atoms with E-state index in [4.69, 9.17) is 16.3 Å². The third-order valence-electron chi connectivity index (χ3n) is 3.94. The molecule has 1 N–H and O–H groups in total. The summed E-state index contributed by atoms with van der Waals surface area (Å²) in [7, 11) is 0. The van der Waals surface area contributed by atoms with Crippen LogP contribution in [0.4, 0.5) is 4.79 Å². The summed E-state index contributed by atoms with van der Waals surface area (Å²) >= 11 is 13.1. The molecule has 3 rings (SSSR count). The molecule has 0 unspecified atom stereocenters. The van der Waals surface area contributed by atoms with Gasteiger partial charge in [-0.1, -0.05) is 35.9 Å². The summed E-state index contributed by atoms with van der Waals surface area (Å²) in [5.74, 6) is 0.216. The summed E-state index contributed by atoms with van der Waals surface area (Å²) in [6.07, 6.45) is 3.11. The molecular formula is C20H15Br2ClN2O3. The standard InChI is InChI=1S/C20H15Br2ClN2O3/c1-2-7-25-19(26)17(24-20(25)27)10-12-8-14(21)18(15(22)9-12)28-11-13-5-3-4-6-16(13)23/h2-6,8-10H,1,7,11H2,(H,24,27)/b17-10+. The number of hydrogen-bond donors (Lipinski definition) is 1. The molecule has 1 aliphatic rings. The fourth-order valence-electron chi connectivity index (χ4n) is 2.60. The van der Waals surface area contributed by atoms with Gasteiger partial charge in [-0.2, -0.15) is 0 Å². The van der Waals surface area contributed by atoms with Gasteiger partial charge in [0.2, 0.25) is 0 Å². The average Bonchev–Trinajstić information content (AvgIpc) is 2.90. The number of rotatable bonds is 6. The van der Waals surface area contributed by atoms with Crippen LogP contribution in [0.25, 0.3) is 6.08 Å². The fraction of sp³-hybridized carbons (Fsp3) is 0.100. The van der Waals surface area contributed by atoms with Crippen LogP contribution >= 0.6 is 43.5 Å². The molecule has 5 nitrogen and oxygen atoms in total. The van der Waals surface area contributed by atoms with Crippen molar-refractivity contribution in [3.8, 4) is 5.75 Å². The number of halogens is 3. The molecule has 0 saturated carbocycles. The molecule has 0 aromatic heterocycles. The van der Waals surface area contributed by atoms with Crippen molar-refractivity contribution in [2.45, 2.75) is 6.61 Å². The molecule has 0 spiro atoms. The highest BCUT2D eigenvalue weighted by atomic mass is 79.9. The fourth-order valence-corrected chi connectivity index (χ4v) is 4.24. The van der Waals surface area contributed by atoms with Crippen molar-refractivity contribution in [1.82, 2.24) is 10.2 Å². The molecule has 1 aliphatic heterocycles. The van der Waals surface area contributed by atoms with E-state index in [0.29, 0.717) is 31.9 Å². The van der Waals surface area contributed by atoms with E-state index in [0.717, 1.165) is 10.5 Å². The molecule has 144 valence electrons. The maximum Gasteiger partial charge on any atom is 0.329 e. The summed E-state index contributed by atoms with van der Waals surface area (Å²) < 4.78 is 7.28. The maximum absolute atomic E-state index is 12.3. The molecule has 0 bridgehead atoms. The van der Waals surface area contributed by atoms with Gasteiger partial charge in [-0.3, -0.25) is 9.69 Å². The van der Waals surface area contributed by atoms with Gasteiger partial charge in [0.25, 0.3) is 5.91 Å². The molecule has 8 heteroatoms. The quantitative estimate of drug-likeness (QED) is 0.306. The Morgan fingerprint density at radius 3 is 2.50 bits per heavy atom. The Morgan fingerprint density at radius 2 is 1.86 bits per heavy atom. The Morgan fingerprint density at radius 1 is 1.18 bits per heavy atom. The van der Waals surface area contributed by atoms with Crippen LogP contribution in [-0.4, -0.2) is 23.4 Å². The molecule has 1 heterocycles. The van der Waals surface area contributed by atoms with Gasteiger partial charge in [0.1, 0.15) is 18.1 Å². The van der Waals surface area contributed by atoms with E-state index in [-0.39, 0.29) is 12.2 Å². The highest BCUT2D eigenvalue weighted by Gasteiger charge is 2.32. The van der Waals surface area contributed by atoms with E-state index < -0.39 is 11.9 Å². The normalized spacial score (nSPS) is 15.1. The van der Waals surface area contributed by atoms with Crippen molar-refractivity contribution in [2.75, 3.05) is 6.54 Å². The highest BCUT2D eigenvalue weighted by Crippen LogP contribution is 2.36. The second-order valence-electron chi connectivity index (χ2n) is 5.89. The highest BCUT2D eigenvalue weighted by molar-refractivity contribution is 9.11. The van der Waals surface area contributed by atoms with E-state index in [1.165, 1.54) is 6.08 Å². The Kier molecular flexibility index (Phi) is 6.59. The monoisotopic (exact) mass is 524 g/mol. The number of carbonyl (C=O) groups is 2. The number of nitrogens with zero attached hydrogens (tertiary/aromatic N) is 1. The SMILES string of the molecule is C=CCN1C(=O)N/C(=C/c2cc(Br)c(OCc3ccccc3Cl)c(Br)c2)C1=O. The summed E-state index contributed by atoms with van der Waals surface area (Å²) in [4.78, 5) is 25.3. The number of hydrogen-bond acceptors (Lipinski definition) is 3. The van der Waals surface area contributed by atoms with Crippen molar-refractivity contribution in [3.05, 3.63) is 79.8 Å². The number of benzene rings is 2. The Balaban J connectivity index is 1.80. The number of nitrogens with one attached hydrogen (secondary N) is 1. The molecule has 2 aromatic rings. The zero-order valence-electron chi connectivity index (χ0n) is 14.5. The third kappa shape index (κ3) is 4.48. The van der Waals surface area contributed by atoms with Gasteiger partial charge >= 0.3 is 6.03 Å². The molecule has 0 radical (unpaired) electrons. The van der Waals surface area contributed by atoms with Crippen LogP contribution in [0.1, 0.15) is 11.1 Å². The first-order chi connectivity index (χ1) is 13.4. The number of imide groups is 1. The van der Waals surface area contributed by atoms with Crippen LogP contribution in [-0.2, 0) is 11.4 Å². The van der Waals surface area contributed by atoms with E-state index in [1.54, 1.807) is 18.2 Å². The second-order valence-corrected chi connectivity index (χ2v) is 8.00. The summed E-state index contributed by atoms with van der Waals surface area (Å²) in [6.45, 7) is 4.02. The van der Waals surface area contributed by atoms with Gasteiger partial charge in [0.15, 0.2) is 0 Å². The molecule has 0 atom stereocenters. The van der Waals surface area contributed by atoms with Crippen LogP contribution < -0.4 is 10.1 Å². The average molecular weight is 527 g/mol. The Labute approximate surface area is 184 Å². The largest absolute Gasteiger partial charge is 0.486 e. The summed E-state index contributed by atoms with van der Waals surface area (Å²) in [6, 6.07) is 10.6. The van der Waals surface area contributed by atoms with Crippen molar-refractivity contribution >= 4 is 61.5 Å². The summed E-state index contributed by atoms with van der Waals surface area (Å²) in [5, 5.41) is 3.20. The molecule has 3 amide bonds. The molecule has 2 aromatic carbocycles. The molecule has 1 fully saturated rings. The summed E-state index contributed by atoms with van der Waals surface area (Å²) in [5.41, 5.74) is 1.79. The third-order valence-corrected chi connectivity index (χ3v) is 5.48. The number of ether oxygens (including phenoxy) is 1. The van der Waals surface area contributed by atoms with Crippen LogP contribution in [0.3, 0.4) is 0 Å². The molecular weight excluding hydrogens is 511 g/mol. The van der Waals surface area contributed by atoms with Crippen LogP contribution in [0, 0.1) is 0 Å². The maximum atomic E-state index is 12.3. The van der Waals surface area contributed by atoms with Crippen molar-refractivity contribution in [3.63, 3.8) is 0 Å². The Hall–Kier alpha value is -2.09. The van der Waals surface area contributed by atoms with Gasteiger partial charge in [-0.05, 0) is 61.7 Å². The lowest BCUT2D eigenvalue weighted by atomic mass is 10.2. The lowest BCUT2D eigenvalue weighted by Crippen LogP contribution is -2.30. The minimum atomic E-state index is -0.464. The van der Waals surface area contributed by atoms with Gasteiger partial charge < -0.3 is 10.1 Å². The van der Waals surface area contributed by atoms with Crippen molar-refractivity contribution in [1.29, 1.82) is 0 Å². The first kappa shape index (κ1) is 20.6. The second kappa shape index (κ2) is 8.94. The lowest BCUT2D eigenvalue weighted by Gasteiger charge is -2.12. The van der Waals surface area contributed by atoms with Crippen LogP contribution in [0.15, 0.2) is 63.7 Å². The van der Waals surface area contributed by atoms with Crippen molar-refractivity contribution in [2.24, 2.45) is 0 Å². The van der Waals surface area contributed by atoms with E-state index in [1.807, 2.05) is 24.3 Å². The van der Waals surface area contributed by atoms with Crippen LogP contribution in [0.2, 0.25) is 5.02 Å². The van der Waals surface area contributed by atoms with E-state index >= 15 is 0 Å². The van der Waals surface area contributed by atoms with Gasteiger partial charge in [-0.15, -0.1) is 6.58 Å². The van der Waals surface area contributed by atoms with E-state index in [9.17, 15) is 9.59 Å². The topological polar surface area (TPSA) is 58.6 Å². The number of carbonyl (C=O) groups excluding carboxylic acids is 2. The molecule has 28 heavy (non-hydrogen) atoms. The minimum Gasteiger partial charge on any atom is -0.486 e. The lowest BCUT2D eigenvalue weighted by molar-refractivity contribution is -0.122. The zero-order chi connectivity index (χ0) is 20.3. The van der Waals surface area contributed by atoms with Gasteiger partial charge in [-0.25, -0.2) is 4.79 Å². The predicted molar refractivity (Wildman–Crippen MR) is 116 cm³/mol. The van der Waals surface area contributed by atoms with E-state index in [2.05, 4.69) is 43.8 Å². The zero-order valence-corrected chi connectivity index (χ0v) is 18.5. The molecule has 1 saturated heterocycles. The minimum absolute atomic E-state index is 0.157. The number of amides is 3. The van der Waals surface area contributed by atoms with Crippen molar-refractivity contribution < 1.29 is 14.3 Å². The number of urea groups is 1. The predicted octanol–water partition coefficient (Wildman–Crippen LogP) is 5.52. The smallest absolute Gasteiger partial charge is 0.329 e. The Bertz CT molecular complexity index is 968. The van der Waals surface area contributed by atoms with Gasteiger partial charge in [0, 0.05) is 17.1 Å². The first-order valence-corrected chi connectivity index (χ1v) is 10.2. The molecule has 0 aliphatic carbocycles. The van der Waals surface area contributed by atoms with Crippen LogP contribution in [0.5, 0.6) is 5.75 Å². The first-order valence-electron chi connectivity index (χ1n) is 8.21.